The number of hydrogen-bond donors (Lipinski definition) is 1. The minimum atomic E-state index is -3.34. The fourth-order valence-corrected chi connectivity index (χ4v) is 2.22. The summed E-state index contributed by atoms with van der Waals surface area (Å²) in [6.07, 6.45) is 1.24. The van der Waals surface area contributed by atoms with Gasteiger partial charge in [0.25, 0.3) is 5.56 Å². The molecule has 6 nitrogen and oxygen atoms in total. The number of rotatable bonds is 3. The summed E-state index contributed by atoms with van der Waals surface area (Å²) in [6.45, 7) is 4.62. The Morgan fingerprint density at radius 2 is 1.88 bits per heavy atom. The van der Waals surface area contributed by atoms with Gasteiger partial charge in [0.05, 0.1) is 10.5 Å². The predicted molar refractivity (Wildman–Crippen MR) is 64.9 cm³/mol. The summed E-state index contributed by atoms with van der Waals surface area (Å²) in [6, 6.07) is 1.19. The molecular weight excluding hydrogens is 244 g/mol. The lowest BCUT2D eigenvalue weighted by molar-refractivity contribution is 0.550. The molecule has 1 aromatic rings. The molecule has 1 heterocycles. The maximum Gasteiger partial charge on any atom is 0.328 e. The van der Waals surface area contributed by atoms with Crippen molar-refractivity contribution in [2.75, 3.05) is 5.75 Å². The van der Waals surface area contributed by atoms with E-state index in [1.54, 1.807) is 20.8 Å². The van der Waals surface area contributed by atoms with Crippen molar-refractivity contribution in [1.82, 2.24) is 9.55 Å². The highest BCUT2D eigenvalue weighted by atomic mass is 32.2. The van der Waals surface area contributed by atoms with Gasteiger partial charge in [-0.25, -0.2) is 13.2 Å². The molecule has 0 aromatic carbocycles. The molecule has 1 N–H and O–H groups in total. The Morgan fingerprint density at radius 1 is 1.29 bits per heavy atom. The number of nitrogens with one attached hydrogen (secondary N) is 1. The van der Waals surface area contributed by atoms with Gasteiger partial charge in [-0.2, -0.15) is 0 Å². The third-order valence-corrected chi connectivity index (χ3v) is 5.05. The molecule has 0 bridgehead atoms. The van der Waals surface area contributed by atoms with Gasteiger partial charge in [0.2, 0.25) is 0 Å². The molecule has 0 saturated heterocycles. The summed E-state index contributed by atoms with van der Waals surface area (Å²) in [7, 11) is -3.34. The maximum absolute atomic E-state index is 11.8. The van der Waals surface area contributed by atoms with E-state index in [0.29, 0.717) is 0 Å². The largest absolute Gasteiger partial charge is 0.328 e. The van der Waals surface area contributed by atoms with E-state index < -0.39 is 25.8 Å². The van der Waals surface area contributed by atoms with Crippen molar-refractivity contribution in [3.63, 3.8) is 0 Å². The zero-order chi connectivity index (χ0) is 13.3. The van der Waals surface area contributed by atoms with E-state index in [4.69, 9.17) is 0 Å². The lowest BCUT2D eigenvalue weighted by atomic mass is 10.3. The molecule has 0 aliphatic carbocycles. The van der Waals surface area contributed by atoms with Crippen LogP contribution in [0.15, 0.2) is 21.9 Å². The highest BCUT2D eigenvalue weighted by Gasteiger charge is 2.28. The molecule has 0 fully saturated rings. The van der Waals surface area contributed by atoms with Gasteiger partial charge in [-0.15, -0.1) is 0 Å². The zero-order valence-electron chi connectivity index (χ0n) is 10.1. The van der Waals surface area contributed by atoms with E-state index >= 15 is 0 Å². The van der Waals surface area contributed by atoms with E-state index in [0.717, 1.165) is 4.57 Å². The van der Waals surface area contributed by atoms with Crippen LogP contribution in [0, 0.1) is 0 Å². The lowest BCUT2D eigenvalue weighted by Gasteiger charge is -2.19. The molecular formula is C10H16N2O4S. The highest BCUT2D eigenvalue weighted by Crippen LogP contribution is 2.15. The van der Waals surface area contributed by atoms with Gasteiger partial charge >= 0.3 is 5.69 Å². The van der Waals surface area contributed by atoms with Crippen LogP contribution < -0.4 is 11.2 Å². The van der Waals surface area contributed by atoms with E-state index in [1.807, 2.05) is 0 Å². The number of aromatic amines is 1. The Hall–Kier alpha value is -1.37. The molecule has 0 saturated carbocycles. The van der Waals surface area contributed by atoms with Crippen molar-refractivity contribution in [3.05, 3.63) is 33.1 Å². The van der Waals surface area contributed by atoms with E-state index in [-0.39, 0.29) is 12.3 Å². The van der Waals surface area contributed by atoms with E-state index in [9.17, 15) is 18.0 Å². The molecule has 1 aromatic heterocycles. The SMILES string of the molecule is CC(C)(C)S(=O)(=O)CCn1c(=O)cc[nH]c1=O. The first-order valence-corrected chi connectivity index (χ1v) is 6.81. The lowest BCUT2D eigenvalue weighted by Crippen LogP contribution is -2.39. The Labute approximate surface area is 99.2 Å². The molecule has 0 atom stereocenters. The number of nitrogens with zero attached hydrogens (tertiary/aromatic N) is 1. The second-order valence-electron chi connectivity index (χ2n) is 4.70. The average molecular weight is 260 g/mol. The van der Waals surface area contributed by atoms with E-state index in [2.05, 4.69) is 4.98 Å². The molecule has 0 aliphatic heterocycles. The van der Waals surface area contributed by atoms with Crippen molar-refractivity contribution in [3.8, 4) is 0 Å². The van der Waals surface area contributed by atoms with Crippen LogP contribution in [0.2, 0.25) is 0 Å². The molecule has 17 heavy (non-hydrogen) atoms. The Bertz CT molecular complexity index is 576. The fraction of sp³-hybridized carbons (Fsp3) is 0.600. The van der Waals surface area contributed by atoms with Crippen LogP contribution in [0.3, 0.4) is 0 Å². The number of sulfone groups is 1. The Balaban J connectivity index is 2.98. The summed E-state index contributed by atoms with van der Waals surface area (Å²) in [5.74, 6) is -0.233. The second-order valence-corrected chi connectivity index (χ2v) is 7.57. The summed E-state index contributed by atoms with van der Waals surface area (Å²) < 4.78 is 23.6. The minimum Gasteiger partial charge on any atom is -0.314 e. The molecule has 0 unspecified atom stereocenters. The van der Waals surface area contributed by atoms with Crippen molar-refractivity contribution >= 4 is 9.84 Å². The van der Waals surface area contributed by atoms with Gasteiger partial charge < -0.3 is 4.98 Å². The Morgan fingerprint density at radius 3 is 2.35 bits per heavy atom. The van der Waals surface area contributed by atoms with Crippen LogP contribution in [0.5, 0.6) is 0 Å². The van der Waals surface area contributed by atoms with Crippen molar-refractivity contribution < 1.29 is 8.42 Å². The highest BCUT2D eigenvalue weighted by molar-refractivity contribution is 7.92. The predicted octanol–water partition coefficient (Wildman–Crippen LogP) is -0.250. The van der Waals surface area contributed by atoms with Gasteiger partial charge in [0.1, 0.15) is 0 Å². The number of aromatic nitrogens is 2. The smallest absolute Gasteiger partial charge is 0.314 e. The average Bonchev–Trinajstić information content (AvgIpc) is 2.15. The van der Waals surface area contributed by atoms with Gasteiger partial charge in [0.15, 0.2) is 9.84 Å². The zero-order valence-corrected chi connectivity index (χ0v) is 10.9. The first-order chi connectivity index (χ1) is 7.65. The van der Waals surface area contributed by atoms with E-state index in [1.165, 1.54) is 12.3 Å². The summed E-state index contributed by atoms with van der Waals surface area (Å²) in [5.41, 5.74) is -1.10. The molecule has 0 amide bonds. The first kappa shape index (κ1) is 13.7. The Kier molecular flexibility index (Phi) is 3.61. The van der Waals surface area contributed by atoms with Crippen molar-refractivity contribution in [1.29, 1.82) is 0 Å². The summed E-state index contributed by atoms with van der Waals surface area (Å²) >= 11 is 0. The van der Waals surface area contributed by atoms with Crippen LogP contribution in [0.1, 0.15) is 20.8 Å². The van der Waals surface area contributed by atoms with Gasteiger partial charge in [-0.3, -0.25) is 9.36 Å². The van der Waals surface area contributed by atoms with Crippen LogP contribution >= 0.6 is 0 Å². The molecule has 0 aliphatic rings. The number of hydrogen-bond acceptors (Lipinski definition) is 4. The summed E-state index contributed by atoms with van der Waals surface area (Å²) in [4.78, 5) is 25.0. The normalized spacial score (nSPS) is 12.6. The molecule has 7 heteroatoms. The van der Waals surface area contributed by atoms with Crippen LogP contribution in [0.25, 0.3) is 0 Å². The van der Waals surface area contributed by atoms with Crippen LogP contribution in [-0.2, 0) is 16.4 Å². The maximum atomic E-state index is 11.8. The monoisotopic (exact) mass is 260 g/mol. The van der Waals surface area contributed by atoms with Gasteiger partial charge in [-0.1, -0.05) is 0 Å². The molecule has 0 spiro atoms. The molecule has 1 rings (SSSR count). The third-order valence-electron chi connectivity index (χ3n) is 2.46. The van der Waals surface area contributed by atoms with Crippen molar-refractivity contribution in [2.24, 2.45) is 0 Å². The molecule has 96 valence electrons. The minimum absolute atomic E-state index is 0.130. The topological polar surface area (TPSA) is 89.0 Å². The fourth-order valence-electron chi connectivity index (χ4n) is 1.18. The molecule has 0 radical (unpaired) electrons. The summed E-state index contributed by atoms with van der Waals surface area (Å²) in [5, 5.41) is 0. The van der Waals surface area contributed by atoms with Gasteiger partial charge in [0, 0.05) is 18.8 Å². The van der Waals surface area contributed by atoms with Crippen LogP contribution in [0.4, 0.5) is 0 Å². The number of H-pyrrole nitrogens is 1. The quantitative estimate of drug-likeness (QED) is 0.811. The van der Waals surface area contributed by atoms with Crippen LogP contribution in [-0.4, -0.2) is 28.5 Å². The standard InChI is InChI=1S/C10H16N2O4S/c1-10(2,3)17(15,16)7-6-12-8(13)4-5-11-9(12)14/h4-5H,6-7H2,1-3H3,(H,11,14). The van der Waals surface area contributed by atoms with Gasteiger partial charge in [-0.05, 0) is 20.8 Å². The third kappa shape index (κ3) is 3.06. The first-order valence-electron chi connectivity index (χ1n) is 5.16. The van der Waals surface area contributed by atoms with Crippen molar-refractivity contribution in [2.45, 2.75) is 32.1 Å². The second kappa shape index (κ2) is 4.48.